The Kier molecular flexibility index (Phi) is 5.83. The van der Waals surface area contributed by atoms with Gasteiger partial charge in [0.05, 0.1) is 12.2 Å². The molecule has 29 heavy (non-hydrogen) atoms. The van der Waals surface area contributed by atoms with Gasteiger partial charge in [-0.15, -0.1) is 0 Å². The van der Waals surface area contributed by atoms with Gasteiger partial charge in [-0.05, 0) is 38.0 Å². The molecule has 0 spiro atoms. The van der Waals surface area contributed by atoms with Gasteiger partial charge < -0.3 is 15.1 Å². The number of likely N-dealkylation sites (tertiary alicyclic amines) is 1. The summed E-state index contributed by atoms with van der Waals surface area (Å²) in [6.45, 7) is 4.45. The van der Waals surface area contributed by atoms with Crippen LogP contribution in [0.5, 0.6) is 0 Å². The number of rotatable bonds is 4. The topological polar surface area (TPSA) is 78.4 Å². The van der Waals surface area contributed by atoms with E-state index in [4.69, 9.17) is 9.97 Å². The van der Waals surface area contributed by atoms with Gasteiger partial charge in [0.2, 0.25) is 11.8 Å². The predicted molar refractivity (Wildman–Crippen MR) is 111 cm³/mol. The molecule has 2 aliphatic heterocycles. The van der Waals surface area contributed by atoms with Gasteiger partial charge in [-0.1, -0.05) is 12.2 Å². The second-order valence-electron chi connectivity index (χ2n) is 8.42. The summed E-state index contributed by atoms with van der Waals surface area (Å²) in [5.41, 5.74) is 2.12. The van der Waals surface area contributed by atoms with Crippen molar-refractivity contribution in [3.8, 4) is 0 Å². The van der Waals surface area contributed by atoms with Crippen LogP contribution in [0.15, 0.2) is 12.2 Å². The van der Waals surface area contributed by atoms with E-state index in [1.165, 1.54) is 0 Å². The van der Waals surface area contributed by atoms with E-state index in [1.807, 2.05) is 16.8 Å². The number of fused-ring (bicyclic) bond motifs is 1. The number of nitrogens with one attached hydrogen (secondary N) is 1. The van der Waals surface area contributed by atoms with E-state index in [0.717, 1.165) is 74.6 Å². The van der Waals surface area contributed by atoms with E-state index in [1.54, 1.807) is 6.92 Å². The van der Waals surface area contributed by atoms with Crippen molar-refractivity contribution in [1.82, 2.24) is 19.8 Å². The highest BCUT2D eigenvalue weighted by molar-refractivity contribution is 5.77. The molecule has 1 fully saturated rings. The van der Waals surface area contributed by atoms with Crippen molar-refractivity contribution in [1.29, 1.82) is 0 Å². The maximum Gasteiger partial charge on any atom is 0.223 e. The lowest BCUT2D eigenvalue weighted by molar-refractivity contribution is -0.133. The lowest BCUT2D eigenvalue weighted by Gasteiger charge is -2.33. The highest BCUT2D eigenvalue weighted by Gasteiger charge is 2.29. The number of amides is 2. The number of carbonyl (C=O) groups is 2. The minimum absolute atomic E-state index is 0.136. The number of nitrogens with zero attached hydrogens (tertiary/aromatic N) is 4. The molecule has 0 unspecified atom stereocenters. The first-order valence-corrected chi connectivity index (χ1v) is 10.8. The summed E-state index contributed by atoms with van der Waals surface area (Å²) in [6.07, 6.45) is 9.71. The summed E-state index contributed by atoms with van der Waals surface area (Å²) in [5, 5.41) is 3.24. The first kappa shape index (κ1) is 19.9. The molecule has 1 aliphatic carbocycles. The largest absolute Gasteiger partial charge is 0.373 e. The molecule has 3 aliphatic rings. The van der Waals surface area contributed by atoms with E-state index in [0.29, 0.717) is 18.9 Å². The molecule has 3 heterocycles. The fraction of sp³-hybridized carbons (Fsp3) is 0.636. The van der Waals surface area contributed by atoms with Crippen molar-refractivity contribution in [3.05, 3.63) is 29.2 Å². The smallest absolute Gasteiger partial charge is 0.223 e. The van der Waals surface area contributed by atoms with Crippen LogP contribution in [0.25, 0.3) is 0 Å². The van der Waals surface area contributed by atoms with Crippen molar-refractivity contribution in [2.45, 2.75) is 57.9 Å². The molecule has 2 amide bonds. The van der Waals surface area contributed by atoms with Crippen LogP contribution in [0.4, 0.5) is 5.82 Å². The molecule has 156 valence electrons. The Balaban J connectivity index is 1.49. The molecule has 1 atom stereocenters. The van der Waals surface area contributed by atoms with E-state index in [2.05, 4.69) is 17.5 Å². The third-order valence-electron chi connectivity index (χ3n) is 6.53. The van der Waals surface area contributed by atoms with Crippen LogP contribution in [0, 0.1) is 5.92 Å². The van der Waals surface area contributed by atoms with Gasteiger partial charge in [0.15, 0.2) is 0 Å². The lowest BCUT2D eigenvalue weighted by atomic mass is 9.95. The van der Waals surface area contributed by atoms with Crippen molar-refractivity contribution in [2.75, 3.05) is 32.0 Å². The molecular formula is C22H31N5O2. The number of piperidine rings is 1. The molecule has 7 heteroatoms. The summed E-state index contributed by atoms with van der Waals surface area (Å²) in [6, 6.07) is 0. The number of aromatic nitrogens is 2. The fourth-order valence-electron chi connectivity index (χ4n) is 4.72. The Bertz CT molecular complexity index is 814. The number of anilines is 1. The van der Waals surface area contributed by atoms with E-state index in [9.17, 15) is 9.59 Å². The quantitative estimate of drug-likeness (QED) is 0.790. The molecule has 0 aromatic carbocycles. The molecule has 1 aromatic heterocycles. The van der Waals surface area contributed by atoms with Crippen LogP contribution in [0.1, 0.15) is 62.0 Å². The summed E-state index contributed by atoms with van der Waals surface area (Å²) >= 11 is 0. The van der Waals surface area contributed by atoms with Gasteiger partial charge in [-0.25, -0.2) is 9.97 Å². The number of hydrogen-bond donors (Lipinski definition) is 1. The van der Waals surface area contributed by atoms with Crippen molar-refractivity contribution >= 4 is 17.6 Å². The van der Waals surface area contributed by atoms with E-state index in [-0.39, 0.29) is 17.7 Å². The lowest BCUT2D eigenvalue weighted by Crippen LogP contribution is -2.38. The van der Waals surface area contributed by atoms with E-state index >= 15 is 0 Å². The van der Waals surface area contributed by atoms with Crippen LogP contribution < -0.4 is 5.32 Å². The molecule has 1 saturated heterocycles. The second kappa shape index (κ2) is 8.51. The molecule has 1 N–H and O–H groups in total. The maximum atomic E-state index is 12.8. The van der Waals surface area contributed by atoms with Gasteiger partial charge in [0.25, 0.3) is 0 Å². The van der Waals surface area contributed by atoms with Crippen molar-refractivity contribution in [3.63, 3.8) is 0 Å². The fourth-order valence-corrected chi connectivity index (χ4v) is 4.72. The van der Waals surface area contributed by atoms with Crippen LogP contribution >= 0.6 is 0 Å². The SMILES string of the molecule is CNc1nc(C2CCN(C(C)=O)CC2)nc2c1CCN(C(=O)C[C@H]1C=CCC1)C2. The second-order valence-corrected chi connectivity index (χ2v) is 8.42. The van der Waals surface area contributed by atoms with Crippen LogP contribution in [-0.2, 0) is 22.6 Å². The zero-order chi connectivity index (χ0) is 20.4. The molecule has 0 radical (unpaired) electrons. The highest BCUT2D eigenvalue weighted by atomic mass is 16.2. The Labute approximate surface area is 172 Å². The number of allylic oxidation sites excluding steroid dienone is 2. The predicted octanol–water partition coefficient (Wildman–Crippen LogP) is 2.49. The Morgan fingerprint density at radius 1 is 1.14 bits per heavy atom. The maximum absolute atomic E-state index is 12.8. The van der Waals surface area contributed by atoms with Crippen LogP contribution in [0.2, 0.25) is 0 Å². The molecule has 4 rings (SSSR count). The minimum atomic E-state index is 0.136. The first-order valence-electron chi connectivity index (χ1n) is 10.8. The summed E-state index contributed by atoms with van der Waals surface area (Å²) in [4.78, 5) is 38.0. The number of carbonyl (C=O) groups excluding carboxylic acids is 2. The Morgan fingerprint density at radius 3 is 2.59 bits per heavy atom. The Hall–Kier alpha value is -2.44. The Morgan fingerprint density at radius 2 is 1.93 bits per heavy atom. The molecule has 7 nitrogen and oxygen atoms in total. The minimum Gasteiger partial charge on any atom is -0.373 e. The normalized spacial score (nSPS) is 21.9. The third-order valence-corrected chi connectivity index (χ3v) is 6.53. The summed E-state index contributed by atoms with van der Waals surface area (Å²) < 4.78 is 0. The van der Waals surface area contributed by atoms with Gasteiger partial charge in [-0.2, -0.15) is 0 Å². The standard InChI is InChI=1S/C22H31N5O2/c1-15(28)26-10-7-17(8-11-26)21-24-19-14-27(12-9-18(19)22(23-2)25-21)20(29)13-16-5-3-4-6-16/h3,5,16-17H,4,6-14H2,1-2H3,(H,23,24,25)/t16-/m0/s1. The average Bonchev–Trinajstić information content (AvgIpc) is 3.25. The third kappa shape index (κ3) is 4.28. The zero-order valence-corrected chi connectivity index (χ0v) is 17.5. The van der Waals surface area contributed by atoms with E-state index < -0.39 is 0 Å². The molecule has 0 bridgehead atoms. The van der Waals surface area contributed by atoms with Gasteiger partial charge >= 0.3 is 0 Å². The summed E-state index contributed by atoms with van der Waals surface area (Å²) in [7, 11) is 1.90. The van der Waals surface area contributed by atoms with Gasteiger partial charge in [-0.3, -0.25) is 9.59 Å². The summed E-state index contributed by atoms with van der Waals surface area (Å²) in [5.74, 6) is 2.76. The average molecular weight is 398 g/mol. The molecular weight excluding hydrogens is 366 g/mol. The number of hydrogen-bond acceptors (Lipinski definition) is 5. The van der Waals surface area contributed by atoms with Gasteiger partial charge in [0.1, 0.15) is 11.6 Å². The zero-order valence-electron chi connectivity index (χ0n) is 17.5. The van der Waals surface area contributed by atoms with Crippen LogP contribution in [0.3, 0.4) is 0 Å². The molecule has 1 aromatic rings. The highest BCUT2D eigenvalue weighted by Crippen LogP contribution is 2.31. The van der Waals surface area contributed by atoms with Gasteiger partial charge in [0, 0.05) is 51.5 Å². The molecule has 0 saturated carbocycles. The van der Waals surface area contributed by atoms with Crippen molar-refractivity contribution in [2.24, 2.45) is 5.92 Å². The van der Waals surface area contributed by atoms with Crippen LogP contribution in [-0.4, -0.2) is 58.3 Å². The van der Waals surface area contributed by atoms with Crippen molar-refractivity contribution < 1.29 is 9.59 Å². The monoisotopic (exact) mass is 397 g/mol. The first-order chi connectivity index (χ1) is 14.0.